The van der Waals surface area contributed by atoms with E-state index in [2.05, 4.69) is 14.1 Å². The number of carbonyl (C=O) groups is 1. The maximum Gasteiger partial charge on any atom is 0.316 e. The zero-order chi connectivity index (χ0) is 16.6. The number of hydrogen-bond acceptors (Lipinski definition) is 3. The van der Waals surface area contributed by atoms with Crippen LogP contribution in [0.1, 0.15) is 37.2 Å². The topological polar surface area (TPSA) is 46.5 Å². The molecule has 2 heterocycles. The van der Waals surface area contributed by atoms with Crippen LogP contribution in [-0.4, -0.2) is 54.4 Å². The van der Waals surface area contributed by atoms with Crippen LogP contribution in [0.25, 0.3) is 0 Å². The monoisotopic (exact) mass is 465 g/mol. The van der Waals surface area contributed by atoms with Crippen LogP contribution < -0.4 is 24.0 Å². The Balaban J connectivity index is 0.00000208. The molecule has 4 atom stereocenters. The van der Waals surface area contributed by atoms with E-state index in [1.54, 1.807) is 24.3 Å². The number of aliphatic hydroxyl groups excluding tert-OH is 1. The van der Waals surface area contributed by atoms with E-state index in [1.807, 2.05) is 0 Å². The highest BCUT2D eigenvalue weighted by molar-refractivity contribution is 6.30. The molecule has 24 heavy (non-hydrogen) atoms. The molecule has 134 valence electrons. The number of ether oxygens (including phenoxy) is 1. The van der Waals surface area contributed by atoms with Crippen molar-refractivity contribution in [2.45, 2.75) is 49.8 Å². The second kappa shape index (κ2) is 7.89. The van der Waals surface area contributed by atoms with Gasteiger partial charge in [0, 0.05) is 30.7 Å². The third-order valence-electron chi connectivity index (χ3n) is 5.81. The summed E-state index contributed by atoms with van der Waals surface area (Å²) in [5.74, 6) is -0.958. The molecule has 1 N–H and O–H groups in total. The van der Waals surface area contributed by atoms with E-state index >= 15 is 0 Å². The number of halogens is 2. The number of piperidine rings is 1. The lowest BCUT2D eigenvalue weighted by molar-refractivity contribution is -0.931. The molecular weight excluding hydrogens is 441 g/mol. The van der Waals surface area contributed by atoms with Crippen LogP contribution in [0.3, 0.4) is 0 Å². The van der Waals surface area contributed by atoms with Gasteiger partial charge in [0.05, 0.1) is 32.8 Å². The molecule has 2 aliphatic heterocycles. The first kappa shape index (κ1) is 19.9. The molecule has 4 nitrogen and oxygen atoms in total. The van der Waals surface area contributed by atoms with Crippen molar-refractivity contribution in [1.82, 2.24) is 0 Å². The predicted octanol–water partition coefficient (Wildman–Crippen LogP) is -0.267. The molecule has 2 bridgehead atoms. The lowest BCUT2D eigenvalue weighted by atomic mass is 9.96. The van der Waals surface area contributed by atoms with Crippen molar-refractivity contribution >= 4 is 17.6 Å². The number of nitrogens with zero attached hydrogens (tertiary/aromatic N) is 1. The predicted molar refractivity (Wildman–Crippen MR) is 89.3 cm³/mol. The maximum atomic E-state index is 12.5. The Morgan fingerprint density at radius 3 is 2.29 bits per heavy atom. The van der Waals surface area contributed by atoms with Crippen LogP contribution in [0.15, 0.2) is 24.3 Å². The molecule has 2 fully saturated rings. The van der Waals surface area contributed by atoms with Crippen molar-refractivity contribution in [1.29, 1.82) is 0 Å². The van der Waals surface area contributed by atoms with E-state index in [4.69, 9.17) is 16.3 Å². The number of quaternary nitrogens is 1. The Morgan fingerprint density at radius 1 is 1.25 bits per heavy atom. The molecule has 0 radical (unpaired) electrons. The SMILES string of the molecule is C[N+]1(C)[C@@H]2CC[C@H]1CC(OC(=O)[C@H](CO)c1ccc(Cl)cc1)C2.[I-]. The Labute approximate surface area is 165 Å². The standard InChI is InChI=1S/C18H25ClNO3.HI/c1-20(2)14-7-8-15(20)10-16(9-14)23-18(22)17(11-21)12-3-5-13(19)6-4-12;/h3-6,14-17,21H,7-11H2,1-2H3;1H/q+1;/p-1/t14-,15+,16?,17-;/m1./s1. The molecule has 1 unspecified atom stereocenters. The van der Waals surface area contributed by atoms with Crippen LogP contribution in [-0.2, 0) is 9.53 Å². The summed E-state index contributed by atoms with van der Waals surface area (Å²) in [6, 6.07) is 8.16. The zero-order valence-electron chi connectivity index (χ0n) is 14.1. The lowest BCUT2D eigenvalue weighted by Gasteiger charge is -2.44. The molecule has 0 aliphatic carbocycles. The van der Waals surface area contributed by atoms with Crippen LogP contribution in [0.4, 0.5) is 0 Å². The number of carbonyl (C=O) groups excluding carboxylic acids is 1. The smallest absolute Gasteiger partial charge is 0.316 e. The molecule has 0 aromatic heterocycles. The van der Waals surface area contributed by atoms with E-state index in [-0.39, 0.29) is 42.7 Å². The Hall–Kier alpha value is -0.370. The van der Waals surface area contributed by atoms with Gasteiger partial charge in [0.15, 0.2) is 0 Å². The summed E-state index contributed by atoms with van der Waals surface area (Å²) in [7, 11) is 4.56. The van der Waals surface area contributed by atoms with Crippen LogP contribution in [0.2, 0.25) is 5.02 Å². The van der Waals surface area contributed by atoms with Crippen LogP contribution >= 0.6 is 11.6 Å². The summed E-state index contributed by atoms with van der Waals surface area (Å²) in [4.78, 5) is 12.5. The molecule has 3 rings (SSSR count). The zero-order valence-corrected chi connectivity index (χ0v) is 17.0. The fourth-order valence-corrected chi connectivity index (χ4v) is 4.31. The number of fused-ring (bicyclic) bond motifs is 2. The van der Waals surface area contributed by atoms with E-state index in [0.29, 0.717) is 17.1 Å². The Bertz CT molecular complexity index is 562. The van der Waals surface area contributed by atoms with Gasteiger partial charge in [-0.2, -0.15) is 0 Å². The molecule has 0 saturated carbocycles. The first-order chi connectivity index (χ1) is 10.9. The minimum Gasteiger partial charge on any atom is -1.00 e. The molecular formula is C18H25ClINO3. The number of hydrogen-bond donors (Lipinski definition) is 1. The highest BCUT2D eigenvalue weighted by Crippen LogP contribution is 2.40. The van der Waals surface area contributed by atoms with E-state index in [0.717, 1.165) is 22.9 Å². The molecule has 6 heteroatoms. The number of esters is 1. The maximum absolute atomic E-state index is 12.5. The molecule has 2 saturated heterocycles. The highest BCUT2D eigenvalue weighted by Gasteiger charge is 2.50. The second-order valence-corrected chi connectivity index (χ2v) is 7.77. The summed E-state index contributed by atoms with van der Waals surface area (Å²) in [5.41, 5.74) is 0.747. The van der Waals surface area contributed by atoms with Crippen molar-refractivity contribution < 1.29 is 43.1 Å². The minimum absolute atomic E-state index is 0. The van der Waals surface area contributed by atoms with Crippen molar-refractivity contribution in [3.63, 3.8) is 0 Å². The summed E-state index contributed by atoms with van der Waals surface area (Å²) in [6.45, 7) is -0.248. The third kappa shape index (κ3) is 3.89. The summed E-state index contributed by atoms with van der Waals surface area (Å²) in [6.07, 6.45) is 4.26. The fourth-order valence-electron chi connectivity index (χ4n) is 4.18. The fraction of sp³-hybridized carbons (Fsp3) is 0.611. The van der Waals surface area contributed by atoms with Crippen molar-refractivity contribution in [2.24, 2.45) is 0 Å². The van der Waals surface area contributed by atoms with Gasteiger partial charge < -0.3 is 38.3 Å². The average Bonchev–Trinajstić information content (AvgIpc) is 2.67. The van der Waals surface area contributed by atoms with Gasteiger partial charge >= 0.3 is 5.97 Å². The van der Waals surface area contributed by atoms with Gasteiger partial charge in [-0.25, -0.2) is 0 Å². The Morgan fingerprint density at radius 2 is 1.79 bits per heavy atom. The Kier molecular flexibility index (Phi) is 6.56. The van der Waals surface area contributed by atoms with Gasteiger partial charge in [0.1, 0.15) is 12.0 Å². The van der Waals surface area contributed by atoms with E-state index in [1.165, 1.54) is 12.8 Å². The highest BCUT2D eigenvalue weighted by atomic mass is 127. The molecule has 0 spiro atoms. The van der Waals surface area contributed by atoms with Crippen LogP contribution in [0.5, 0.6) is 0 Å². The van der Waals surface area contributed by atoms with E-state index < -0.39 is 5.92 Å². The number of benzene rings is 1. The van der Waals surface area contributed by atoms with Gasteiger partial charge in [0.25, 0.3) is 0 Å². The summed E-state index contributed by atoms with van der Waals surface area (Å²) in [5, 5.41) is 10.2. The van der Waals surface area contributed by atoms with Gasteiger partial charge in [-0.15, -0.1) is 0 Å². The third-order valence-corrected chi connectivity index (χ3v) is 6.06. The molecule has 2 aliphatic rings. The summed E-state index contributed by atoms with van der Waals surface area (Å²) < 4.78 is 6.81. The van der Waals surface area contributed by atoms with Gasteiger partial charge in [-0.3, -0.25) is 4.79 Å². The van der Waals surface area contributed by atoms with Crippen molar-refractivity contribution in [3.05, 3.63) is 34.9 Å². The lowest BCUT2D eigenvalue weighted by Crippen LogP contribution is -3.00. The largest absolute Gasteiger partial charge is 1.00 e. The van der Waals surface area contributed by atoms with Crippen molar-refractivity contribution in [3.8, 4) is 0 Å². The van der Waals surface area contributed by atoms with E-state index in [9.17, 15) is 9.90 Å². The van der Waals surface area contributed by atoms with Crippen molar-refractivity contribution in [2.75, 3.05) is 20.7 Å². The average molecular weight is 466 g/mol. The number of aliphatic hydroxyl groups is 1. The van der Waals surface area contributed by atoms with Crippen LogP contribution in [0, 0.1) is 0 Å². The summed E-state index contributed by atoms with van der Waals surface area (Å²) >= 11 is 5.88. The van der Waals surface area contributed by atoms with Gasteiger partial charge in [-0.1, -0.05) is 23.7 Å². The molecule has 0 amide bonds. The number of rotatable bonds is 4. The molecule has 1 aromatic rings. The minimum atomic E-state index is -0.630. The first-order valence-electron chi connectivity index (χ1n) is 8.32. The van der Waals surface area contributed by atoms with Gasteiger partial charge in [0.2, 0.25) is 0 Å². The quantitative estimate of drug-likeness (QED) is 0.378. The normalized spacial score (nSPS) is 28.8. The van der Waals surface area contributed by atoms with Gasteiger partial charge in [-0.05, 0) is 17.7 Å². The first-order valence-corrected chi connectivity index (χ1v) is 8.69. The molecule has 1 aromatic carbocycles. The second-order valence-electron chi connectivity index (χ2n) is 7.33.